The summed E-state index contributed by atoms with van der Waals surface area (Å²) >= 11 is 0. The largest absolute Gasteiger partial charge is 0.464 e. The first-order valence-electron chi connectivity index (χ1n) is 7.95. The van der Waals surface area contributed by atoms with Crippen LogP contribution in [0.4, 0.5) is 0 Å². The molecule has 1 saturated carbocycles. The van der Waals surface area contributed by atoms with Gasteiger partial charge in [-0.2, -0.15) is 0 Å². The van der Waals surface area contributed by atoms with Gasteiger partial charge in [0.25, 0.3) is 5.91 Å². The summed E-state index contributed by atoms with van der Waals surface area (Å²) in [5.41, 5.74) is 1.15. The summed E-state index contributed by atoms with van der Waals surface area (Å²) in [5, 5.41) is 0. The molecule has 24 heavy (non-hydrogen) atoms. The summed E-state index contributed by atoms with van der Waals surface area (Å²) in [5.74, 6) is 1.44. The lowest BCUT2D eigenvalue weighted by atomic mass is 10.1. The second-order valence-electron chi connectivity index (χ2n) is 6.45. The van der Waals surface area contributed by atoms with Crippen LogP contribution in [0.15, 0.2) is 40.8 Å². The molecule has 1 fully saturated rings. The van der Waals surface area contributed by atoms with Crippen molar-refractivity contribution in [2.45, 2.75) is 38.1 Å². The monoisotopic (exact) mass is 347 g/mol. The highest BCUT2D eigenvalue weighted by molar-refractivity contribution is 7.89. The van der Waals surface area contributed by atoms with Gasteiger partial charge in [-0.25, -0.2) is 8.42 Å². The molecule has 0 unspecified atom stereocenters. The van der Waals surface area contributed by atoms with E-state index in [0.717, 1.165) is 24.4 Å². The van der Waals surface area contributed by atoms with Crippen LogP contribution in [-0.4, -0.2) is 31.5 Å². The van der Waals surface area contributed by atoms with Crippen LogP contribution in [0.2, 0.25) is 0 Å². The Bertz CT molecular complexity index is 849. The van der Waals surface area contributed by atoms with Gasteiger partial charge in [-0.05, 0) is 49.6 Å². The molecule has 128 valence electrons. The molecule has 0 bridgehead atoms. The van der Waals surface area contributed by atoms with Crippen LogP contribution in [0.5, 0.6) is 0 Å². The summed E-state index contributed by atoms with van der Waals surface area (Å²) in [6, 6.07) is 10.9. The SMILES string of the molecule is Cc1ccc(CN(C(=O)c2cccc(CS(C)(=O)=O)c2)C2CC2)o1. The highest BCUT2D eigenvalue weighted by Gasteiger charge is 2.33. The number of sulfone groups is 1. The van der Waals surface area contributed by atoms with Gasteiger partial charge in [0.2, 0.25) is 0 Å². The van der Waals surface area contributed by atoms with Crippen molar-refractivity contribution in [1.29, 1.82) is 0 Å². The van der Waals surface area contributed by atoms with Gasteiger partial charge < -0.3 is 9.32 Å². The van der Waals surface area contributed by atoms with Crippen molar-refractivity contribution in [2.24, 2.45) is 0 Å². The smallest absolute Gasteiger partial charge is 0.254 e. The first kappa shape index (κ1) is 16.8. The summed E-state index contributed by atoms with van der Waals surface area (Å²) in [4.78, 5) is 14.7. The van der Waals surface area contributed by atoms with E-state index >= 15 is 0 Å². The van der Waals surface area contributed by atoms with E-state index in [1.165, 1.54) is 6.26 Å². The Hall–Kier alpha value is -2.08. The number of carbonyl (C=O) groups is 1. The fourth-order valence-corrected chi connectivity index (χ4v) is 3.54. The maximum atomic E-state index is 12.9. The minimum atomic E-state index is -3.13. The molecule has 5 nitrogen and oxygen atoms in total. The molecule has 1 heterocycles. The maximum Gasteiger partial charge on any atom is 0.254 e. The van der Waals surface area contributed by atoms with E-state index in [0.29, 0.717) is 17.7 Å². The summed E-state index contributed by atoms with van der Waals surface area (Å²) in [6.07, 6.45) is 3.18. The van der Waals surface area contributed by atoms with E-state index in [1.807, 2.05) is 24.0 Å². The third-order valence-corrected chi connectivity index (χ3v) is 4.83. The maximum absolute atomic E-state index is 12.9. The van der Waals surface area contributed by atoms with Crippen LogP contribution in [0.3, 0.4) is 0 Å². The van der Waals surface area contributed by atoms with Crippen molar-refractivity contribution in [2.75, 3.05) is 6.26 Å². The van der Waals surface area contributed by atoms with E-state index in [2.05, 4.69) is 0 Å². The van der Waals surface area contributed by atoms with Gasteiger partial charge in [0, 0.05) is 17.9 Å². The predicted molar refractivity (Wildman–Crippen MR) is 91.3 cm³/mol. The van der Waals surface area contributed by atoms with E-state index < -0.39 is 9.84 Å². The number of carbonyl (C=O) groups excluding carboxylic acids is 1. The molecule has 1 aliphatic rings. The molecule has 0 saturated heterocycles. The van der Waals surface area contributed by atoms with Crippen LogP contribution < -0.4 is 0 Å². The van der Waals surface area contributed by atoms with E-state index in [-0.39, 0.29) is 17.7 Å². The standard InChI is InChI=1S/C18H21NO4S/c1-13-6-9-17(23-13)11-19(16-7-8-16)18(20)15-5-3-4-14(10-15)12-24(2,21)22/h3-6,9-10,16H,7-8,11-12H2,1-2H3. The third-order valence-electron chi connectivity index (χ3n) is 3.97. The Morgan fingerprint density at radius 2 is 2.00 bits per heavy atom. The average Bonchev–Trinajstić information content (AvgIpc) is 3.25. The Morgan fingerprint density at radius 3 is 2.58 bits per heavy atom. The Morgan fingerprint density at radius 1 is 1.25 bits per heavy atom. The number of hydrogen-bond acceptors (Lipinski definition) is 4. The lowest BCUT2D eigenvalue weighted by Gasteiger charge is -2.21. The molecule has 0 radical (unpaired) electrons. The van der Waals surface area contributed by atoms with Crippen molar-refractivity contribution < 1.29 is 17.6 Å². The fraction of sp³-hybridized carbons (Fsp3) is 0.389. The molecule has 1 aromatic heterocycles. The Balaban J connectivity index is 1.81. The number of amides is 1. The van der Waals surface area contributed by atoms with Gasteiger partial charge in [-0.1, -0.05) is 12.1 Å². The Labute approximate surface area is 142 Å². The molecule has 6 heteroatoms. The number of rotatable bonds is 6. The second-order valence-corrected chi connectivity index (χ2v) is 8.59. The van der Waals surface area contributed by atoms with Crippen molar-refractivity contribution in [3.63, 3.8) is 0 Å². The van der Waals surface area contributed by atoms with Crippen LogP contribution in [0, 0.1) is 6.92 Å². The molecule has 3 rings (SSSR count). The van der Waals surface area contributed by atoms with Crippen LogP contribution >= 0.6 is 0 Å². The van der Waals surface area contributed by atoms with Crippen molar-refractivity contribution in [1.82, 2.24) is 4.90 Å². The molecule has 0 aliphatic heterocycles. The third kappa shape index (κ3) is 4.26. The second kappa shape index (κ2) is 6.43. The Kier molecular flexibility index (Phi) is 4.49. The molecule has 2 aromatic rings. The number of benzene rings is 1. The van der Waals surface area contributed by atoms with Gasteiger partial charge >= 0.3 is 0 Å². The van der Waals surface area contributed by atoms with Gasteiger partial charge in [0.15, 0.2) is 9.84 Å². The first-order chi connectivity index (χ1) is 11.3. The first-order valence-corrected chi connectivity index (χ1v) is 10.0. The normalized spacial score (nSPS) is 14.6. The summed E-state index contributed by atoms with van der Waals surface area (Å²) in [7, 11) is -3.13. The number of aryl methyl sites for hydroxylation is 1. The van der Waals surface area contributed by atoms with E-state index in [4.69, 9.17) is 4.42 Å². The van der Waals surface area contributed by atoms with Gasteiger partial charge in [0.1, 0.15) is 11.5 Å². The van der Waals surface area contributed by atoms with Crippen LogP contribution in [0.1, 0.15) is 40.3 Å². The quantitative estimate of drug-likeness (QED) is 0.806. The summed E-state index contributed by atoms with van der Waals surface area (Å²) < 4.78 is 28.5. The number of hydrogen-bond donors (Lipinski definition) is 0. The van der Waals surface area contributed by atoms with Crippen LogP contribution in [0.25, 0.3) is 0 Å². The lowest BCUT2D eigenvalue weighted by Crippen LogP contribution is -2.32. The minimum absolute atomic E-state index is 0.0606. The molecule has 1 amide bonds. The van der Waals surface area contributed by atoms with E-state index in [9.17, 15) is 13.2 Å². The van der Waals surface area contributed by atoms with Gasteiger partial charge in [-0.3, -0.25) is 4.79 Å². The zero-order valence-corrected chi connectivity index (χ0v) is 14.7. The highest BCUT2D eigenvalue weighted by Crippen LogP contribution is 2.30. The molecule has 0 atom stereocenters. The zero-order chi connectivity index (χ0) is 17.3. The lowest BCUT2D eigenvalue weighted by molar-refractivity contribution is 0.0717. The molecule has 1 aromatic carbocycles. The van der Waals surface area contributed by atoms with E-state index in [1.54, 1.807) is 24.3 Å². The fourth-order valence-electron chi connectivity index (χ4n) is 2.75. The predicted octanol–water partition coefficient (Wildman–Crippen LogP) is 2.94. The summed E-state index contributed by atoms with van der Waals surface area (Å²) in [6.45, 7) is 2.31. The average molecular weight is 347 g/mol. The number of nitrogens with zero attached hydrogens (tertiary/aromatic N) is 1. The van der Waals surface area contributed by atoms with Crippen molar-refractivity contribution in [3.05, 3.63) is 59.0 Å². The van der Waals surface area contributed by atoms with Crippen molar-refractivity contribution in [3.8, 4) is 0 Å². The molecular weight excluding hydrogens is 326 g/mol. The molecule has 0 N–H and O–H groups in total. The van der Waals surface area contributed by atoms with Crippen molar-refractivity contribution >= 4 is 15.7 Å². The topological polar surface area (TPSA) is 67.6 Å². The molecule has 1 aliphatic carbocycles. The highest BCUT2D eigenvalue weighted by atomic mass is 32.2. The molecule has 0 spiro atoms. The zero-order valence-electron chi connectivity index (χ0n) is 13.9. The minimum Gasteiger partial charge on any atom is -0.464 e. The van der Waals surface area contributed by atoms with Crippen LogP contribution in [-0.2, 0) is 22.1 Å². The van der Waals surface area contributed by atoms with Gasteiger partial charge in [-0.15, -0.1) is 0 Å². The van der Waals surface area contributed by atoms with Gasteiger partial charge in [0.05, 0.1) is 12.3 Å². The molecular formula is C18H21NO4S. The number of furan rings is 1.